The molecule has 0 saturated heterocycles. The smallest absolute Gasteiger partial charge is 0.146 e. The van der Waals surface area contributed by atoms with Crippen LogP contribution < -0.4 is 15.2 Å². The molecule has 2 N–H and O–H groups in total. The Labute approximate surface area is 115 Å². The summed E-state index contributed by atoms with van der Waals surface area (Å²) in [5, 5.41) is 0.204. The minimum absolute atomic E-state index is 0.204. The van der Waals surface area contributed by atoms with E-state index < -0.39 is 5.82 Å². The van der Waals surface area contributed by atoms with E-state index in [4.69, 9.17) is 26.8 Å². The average molecular weight is 282 g/mol. The van der Waals surface area contributed by atoms with Crippen LogP contribution in [-0.2, 0) is 0 Å². The van der Waals surface area contributed by atoms with Gasteiger partial charge in [-0.1, -0.05) is 11.6 Å². The fraction of sp³-hybridized carbons (Fsp3) is 0.143. The topological polar surface area (TPSA) is 44.5 Å². The normalized spacial score (nSPS) is 10.3. The molecule has 0 aliphatic heterocycles. The van der Waals surface area contributed by atoms with Crippen molar-refractivity contribution >= 4 is 17.3 Å². The standard InChI is InChI=1S/C14H13ClFNO2/c1-2-18-14-8-10(4-5-12(14)17)19-13-6-3-9(16)7-11(13)15/h3-8H,2,17H2,1H3. The molecule has 0 aliphatic carbocycles. The van der Waals surface area contributed by atoms with Crippen molar-refractivity contribution in [2.24, 2.45) is 0 Å². The third kappa shape index (κ3) is 3.29. The van der Waals surface area contributed by atoms with Crippen molar-refractivity contribution < 1.29 is 13.9 Å². The molecule has 19 heavy (non-hydrogen) atoms. The van der Waals surface area contributed by atoms with E-state index in [1.165, 1.54) is 18.2 Å². The molecule has 0 amide bonds. The molecule has 0 heterocycles. The van der Waals surface area contributed by atoms with Gasteiger partial charge >= 0.3 is 0 Å². The molecule has 0 aromatic heterocycles. The van der Waals surface area contributed by atoms with E-state index in [9.17, 15) is 4.39 Å². The lowest BCUT2D eigenvalue weighted by Crippen LogP contribution is -1.97. The van der Waals surface area contributed by atoms with Crippen molar-refractivity contribution in [1.82, 2.24) is 0 Å². The highest BCUT2D eigenvalue weighted by Gasteiger charge is 2.07. The van der Waals surface area contributed by atoms with Crippen LogP contribution in [0.5, 0.6) is 17.2 Å². The maximum atomic E-state index is 12.9. The van der Waals surface area contributed by atoms with Crippen LogP contribution in [0.15, 0.2) is 36.4 Å². The Hall–Kier alpha value is -1.94. The lowest BCUT2D eigenvalue weighted by molar-refractivity contribution is 0.340. The highest BCUT2D eigenvalue weighted by atomic mass is 35.5. The monoisotopic (exact) mass is 281 g/mol. The minimum atomic E-state index is -0.412. The second-order valence-electron chi connectivity index (χ2n) is 3.81. The first-order chi connectivity index (χ1) is 9.10. The number of ether oxygens (including phenoxy) is 2. The predicted octanol–water partition coefficient (Wildman–Crippen LogP) is 4.25. The zero-order valence-corrected chi connectivity index (χ0v) is 11.1. The largest absolute Gasteiger partial charge is 0.492 e. The third-order valence-corrected chi connectivity index (χ3v) is 2.70. The highest BCUT2D eigenvalue weighted by molar-refractivity contribution is 6.32. The molecule has 2 rings (SSSR count). The average Bonchev–Trinajstić information content (AvgIpc) is 2.37. The molecule has 0 unspecified atom stereocenters. The van der Waals surface area contributed by atoms with Gasteiger partial charge in [-0.2, -0.15) is 0 Å². The molecule has 3 nitrogen and oxygen atoms in total. The summed E-state index contributed by atoms with van der Waals surface area (Å²) in [6, 6.07) is 8.97. The number of benzene rings is 2. The van der Waals surface area contributed by atoms with Gasteiger partial charge in [-0.25, -0.2) is 4.39 Å². The third-order valence-electron chi connectivity index (χ3n) is 2.41. The molecule has 0 bridgehead atoms. The van der Waals surface area contributed by atoms with E-state index in [-0.39, 0.29) is 5.02 Å². The van der Waals surface area contributed by atoms with Gasteiger partial charge in [-0.3, -0.25) is 0 Å². The van der Waals surface area contributed by atoms with E-state index in [1.807, 2.05) is 6.92 Å². The molecule has 5 heteroatoms. The van der Waals surface area contributed by atoms with Crippen LogP contribution in [0.4, 0.5) is 10.1 Å². The van der Waals surface area contributed by atoms with Gasteiger partial charge in [-0.15, -0.1) is 0 Å². The van der Waals surface area contributed by atoms with Crippen LogP contribution in [-0.4, -0.2) is 6.61 Å². The number of hydrogen-bond donors (Lipinski definition) is 1. The highest BCUT2D eigenvalue weighted by Crippen LogP contribution is 2.33. The molecule has 2 aromatic carbocycles. The summed E-state index contributed by atoms with van der Waals surface area (Å²) in [7, 11) is 0. The Morgan fingerprint density at radius 2 is 1.95 bits per heavy atom. The number of hydrogen-bond acceptors (Lipinski definition) is 3. The van der Waals surface area contributed by atoms with Crippen molar-refractivity contribution in [2.75, 3.05) is 12.3 Å². The molecule has 0 fully saturated rings. The molecule has 0 radical (unpaired) electrons. The molecular weight excluding hydrogens is 269 g/mol. The first-order valence-electron chi connectivity index (χ1n) is 5.75. The summed E-state index contributed by atoms with van der Waals surface area (Å²) in [6.07, 6.45) is 0. The SMILES string of the molecule is CCOc1cc(Oc2ccc(F)cc2Cl)ccc1N. The van der Waals surface area contributed by atoms with Gasteiger partial charge in [0.1, 0.15) is 23.1 Å². The van der Waals surface area contributed by atoms with Gasteiger partial charge < -0.3 is 15.2 Å². The Bertz CT molecular complexity index is 590. The van der Waals surface area contributed by atoms with Gasteiger partial charge in [-0.05, 0) is 37.3 Å². The Morgan fingerprint density at radius 3 is 2.63 bits per heavy atom. The fourth-order valence-electron chi connectivity index (χ4n) is 1.54. The Morgan fingerprint density at radius 1 is 1.16 bits per heavy atom. The zero-order chi connectivity index (χ0) is 13.8. The summed E-state index contributed by atoms with van der Waals surface area (Å²) >= 11 is 5.89. The van der Waals surface area contributed by atoms with Crippen molar-refractivity contribution in [3.05, 3.63) is 47.2 Å². The quantitative estimate of drug-likeness (QED) is 0.852. The fourth-order valence-corrected chi connectivity index (χ4v) is 1.75. The number of nitrogen functional groups attached to an aromatic ring is 1. The summed E-state index contributed by atoms with van der Waals surface area (Å²) in [6.45, 7) is 2.37. The number of halogens is 2. The van der Waals surface area contributed by atoms with Crippen LogP contribution in [0.25, 0.3) is 0 Å². The number of nitrogens with two attached hydrogens (primary N) is 1. The van der Waals surface area contributed by atoms with E-state index in [0.29, 0.717) is 29.5 Å². The van der Waals surface area contributed by atoms with Crippen LogP contribution in [0, 0.1) is 5.82 Å². The molecular formula is C14H13ClFNO2. The first-order valence-corrected chi connectivity index (χ1v) is 6.13. The van der Waals surface area contributed by atoms with Gasteiger partial charge in [0, 0.05) is 6.07 Å². The minimum Gasteiger partial charge on any atom is -0.492 e. The molecule has 100 valence electrons. The van der Waals surface area contributed by atoms with Crippen LogP contribution in [0.1, 0.15) is 6.92 Å². The number of rotatable bonds is 4. The van der Waals surface area contributed by atoms with E-state index >= 15 is 0 Å². The number of anilines is 1. The van der Waals surface area contributed by atoms with Crippen molar-refractivity contribution in [3.63, 3.8) is 0 Å². The first kappa shape index (κ1) is 13.5. The van der Waals surface area contributed by atoms with Crippen LogP contribution >= 0.6 is 11.6 Å². The second kappa shape index (κ2) is 5.80. The maximum Gasteiger partial charge on any atom is 0.146 e. The van der Waals surface area contributed by atoms with Gasteiger partial charge in [0.15, 0.2) is 0 Å². The van der Waals surface area contributed by atoms with Crippen molar-refractivity contribution in [1.29, 1.82) is 0 Å². The van der Waals surface area contributed by atoms with Crippen LogP contribution in [0.3, 0.4) is 0 Å². The molecule has 0 atom stereocenters. The van der Waals surface area contributed by atoms with Crippen LogP contribution in [0.2, 0.25) is 5.02 Å². The molecule has 0 saturated carbocycles. The lowest BCUT2D eigenvalue weighted by atomic mass is 10.2. The van der Waals surface area contributed by atoms with Crippen molar-refractivity contribution in [3.8, 4) is 17.2 Å². The maximum absolute atomic E-state index is 12.9. The van der Waals surface area contributed by atoms with Gasteiger partial charge in [0.25, 0.3) is 0 Å². The summed E-state index contributed by atoms with van der Waals surface area (Å²) in [5.74, 6) is 1.02. The predicted molar refractivity (Wildman–Crippen MR) is 73.5 cm³/mol. The summed E-state index contributed by atoms with van der Waals surface area (Å²) in [4.78, 5) is 0. The molecule has 2 aromatic rings. The van der Waals surface area contributed by atoms with Gasteiger partial charge in [0.2, 0.25) is 0 Å². The Balaban J connectivity index is 2.25. The second-order valence-corrected chi connectivity index (χ2v) is 4.22. The summed E-state index contributed by atoms with van der Waals surface area (Å²) < 4.78 is 23.9. The Kier molecular flexibility index (Phi) is 4.12. The molecule has 0 aliphatic rings. The van der Waals surface area contributed by atoms with Gasteiger partial charge in [0.05, 0.1) is 17.3 Å². The molecule has 0 spiro atoms. The van der Waals surface area contributed by atoms with Crippen molar-refractivity contribution in [2.45, 2.75) is 6.92 Å². The summed E-state index contributed by atoms with van der Waals surface area (Å²) in [5.41, 5.74) is 6.29. The van der Waals surface area contributed by atoms with E-state index in [2.05, 4.69) is 0 Å². The van der Waals surface area contributed by atoms with E-state index in [0.717, 1.165) is 0 Å². The zero-order valence-electron chi connectivity index (χ0n) is 10.3. The van der Waals surface area contributed by atoms with E-state index in [1.54, 1.807) is 18.2 Å². The lowest BCUT2D eigenvalue weighted by Gasteiger charge is -2.11.